The van der Waals surface area contributed by atoms with Crippen molar-refractivity contribution >= 4 is 27.3 Å². The molecular weight excluding hydrogens is 286 g/mol. The predicted molar refractivity (Wildman–Crippen MR) is 71.5 cm³/mol. The number of aryl methyl sites for hydroxylation is 2. The molecule has 0 unspecified atom stereocenters. The lowest BCUT2D eigenvalue weighted by atomic mass is 10.3. The van der Waals surface area contributed by atoms with Crippen molar-refractivity contribution in [2.75, 3.05) is 0 Å². The Balaban J connectivity index is 2.13. The highest BCUT2D eigenvalue weighted by molar-refractivity contribution is 7.90. The van der Waals surface area contributed by atoms with Crippen LogP contribution in [-0.2, 0) is 21.2 Å². The molecule has 2 heterocycles. The predicted octanol–water partition coefficient (Wildman–Crippen LogP) is 2.01. The van der Waals surface area contributed by atoms with Gasteiger partial charge in [0.25, 0.3) is 10.0 Å². The average molecular weight is 299 g/mol. The highest BCUT2D eigenvalue weighted by Crippen LogP contribution is 2.19. The van der Waals surface area contributed by atoms with Gasteiger partial charge in [-0.2, -0.15) is 0 Å². The molecular formula is C12H13NO4S2. The summed E-state index contributed by atoms with van der Waals surface area (Å²) in [4.78, 5) is 12.5. The van der Waals surface area contributed by atoms with Crippen molar-refractivity contribution in [2.45, 2.75) is 25.2 Å². The average Bonchev–Trinajstić information content (AvgIpc) is 2.87. The number of thiophene rings is 1. The molecule has 0 fully saturated rings. The van der Waals surface area contributed by atoms with Crippen molar-refractivity contribution in [3.8, 4) is 0 Å². The number of amides is 1. The van der Waals surface area contributed by atoms with Crippen molar-refractivity contribution in [3.05, 3.63) is 40.0 Å². The molecule has 0 saturated heterocycles. The maximum atomic E-state index is 12.0. The minimum atomic E-state index is -3.86. The molecule has 0 aliphatic carbocycles. The molecule has 19 heavy (non-hydrogen) atoms. The fourth-order valence-electron chi connectivity index (χ4n) is 1.69. The van der Waals surface area contributed by atoms with Crippen molar-refractivity contribution < 1.29 is 17.6 Å². The number of carbonyl (C=O) groups excluding carboxylic acids is 1. The summed E-state index contributed by atoms with van der Waals surface area (Å²) in [5.41, 5.74) is 0. The van der Waals surface area contributed by atoms with Crippen LogP contribution in [0.4, 0.5) is 0 Å². The molecule has 7 heteroatoms. The Bertz CT molecular complexity index is 683. The number of hydrogen-bond donors (Lipinski definition) is 1. The molecule has 0 saturated carbocycles. The van der Waals surface area contributed by atoms with E-state index in [1.165, 1.54) is 17.4 Å². The summed E-state index contributed by atoms with van der Waals surface area (Å²) in [5.74, 6) is 0.207. The first kappa shape index (κ1) is 13.8. The van der Waals surface area contributed by atoms with Crippen LogP contribution in [0.5, 0.6) is 0 Å². The number of nitrogens with one attached hydrogen (secondary N) is 1. The first-order valence-electron chi connectivity index (χ1n) is 5.53. The van der Waals surface area contributed by atoms with Gasteiger partial charge in [0, 0.05) is 10.9 Å². The molecule has 0 atom stereocenters. The number of furan rings is 1. The van der Waals surface area contributed by atoms with Crippen LogP contribution >= 0.6 is 11.3 Å². The third kappa shape index (κ3) is 3.24. The van der Waals surface area contributed by atoms with Crippen LogP contribution in [0.2, 0.25) is 0 Å². The quantitative estimate of drug-likeness (QED) is 0.937. The minimum Gasteiger partial charge on any atom is -0.465 e. The molecule has 0 bridgehead atoms. The lowest BCUT2D eigenvalue weighted by Crippen LogP contribution is -2.31. The van der Waals surface area contributed by atoms with Crippen LogP contribution in [0.15, 0.2) is 32.9 Å². The topological polar surface area (TPSA) is 76.4 Å². The highest BCUT2D eigenvalue weighted by Gasteiger charge is 2.23. The molecule has 0 aliphatic heterocycles. The van der Waals surface area contributed by atoms with Gasteiger partial charge in [0.05, 0.1) is 6.42 Å². The summed E-state index contributed by atoms with van der Waals surface area (Å²) in [6, 6.07) is 4.99. The van der Waals surface area contributed by atoms with E-state index in [-0.39, 0.29) is 17.1 Å². The lowest BCUT2D eigenvalue weighted by Gasteiger charge is -2.04. The Morgan fingerprint density at radius 3 is 2.68 bits per heavy atom. The summed E-state index contributed by atoms with van der Waals surface area (Å²) in [7, 11) is -3.86. The van der Waals surface area contributed by atoms with E-state index in [2.05, 4.69) is 0 Å². The molecule has 2 aromatic heterocycles. The first-order valence-corrected chi connectivity index (χ1v) is 7.90. The Labute approximate surface area is 115 Å². The Kier molecular flexibility index (Phi) is 3.77. The molecule has 0 aliphatic rings. The van der Waals surface area contributed by atoms with Gasteiger partial charge in [-0.3, -0.25) is 4.79 Å². The van der Waals surface area contributed by atoms with Gasteiger partial charge < -0.3 is 4.42 Å². The maximum Gasteiger partial charge on any atom is 0.267 e. The second-order valence-electron chi connectivity index (χ2n) is 4.06. The van der Waals surface area contributed by atoms with Gasteiger partial charge in [-0.15, -0.1) is 11.3 Å². The largest absolute Gasteiger partial charge is 0.465 e. The van der Waals surface area contributed by atoms with Crippen LogP contribution < -0.4 is 4.72 Å². The lowest BCUT2D eigenvalue weighted by molar-refractivity contribution is -0.118. The van der Waals surface area contributed by atoms with Crippen molar-refractivity contribution in [1.29, 1.82) is 0 Å². The number of rotatable bonds is 4. The molecule has 0 radical (unpaired) electrons. The SMILES string of the molecule is Cc1cc(S(=O)(=O)NC(=O)Cc2cccs2)c(C)o1. The van der Waals surface area contributed by atoms with E-state index in [0.29, 0.717) is 5.76 Å². The normalized spacial score (nSPS) is 11.5. The van der Waals surface area contributed by atoms with Gasteiger partial charge in [-0.05, 0) is 25.3 Å². The molecule has 2 aromatic rings. The zero-order valence-corrected chi connectivity index (χ0v) is 12.1. The molecule has 102 valence electrons. The van der Waals surface area contributed by atoms with Gasteiger partial charge in [-0.25, -0.2) is 13.1 Å². The van der Waals surface area contributed by atoms with Crippen LogP contribution in [0.25, 0.3) is 0 Å². The van der Waals surface area contributed by atoms with Crippen molar-refractivity contribution in [2.24, 2.45) is 0 Å². The van der Waals surface area contributed by atoms with Crippen molar-refractivity contribution in [1.82, 2.24) is 4.72 Å². The first-order chi connectivity index (χ1) is 8.88. The van der Waals surface area contributed by atoms with Crippen LogP contribution in [0.3, 0.4) is 0 Å². The summed E-state index contributed by atoms with van der Waals surface area (Å²) < 4.78 is 31.2. The molecule has 1 N–H and O–H groups in total. The fourth-order valence-corrected chi connectivity index (χ4v) is 3.61. The zero-order chi connectivity index (χ0) is 14.0. The van der Waals surface area contributed by atoms with E-state index in [1.807, 2.05) is 16.2 Å². The van der Waals surface area contributed by atoms with Crippen LogP contribution in [0.1, 0.15) is 16.4 Å². The molecule has 0 spiro atoms. The summed E-state index contributed by atoms with van der Waals surface area (Å²) >= 11 is 1.41. The zero-order valence-electron chi connectivity index (χ0n) is 10.5. The van der Waals surface area contributed by atoms with Gasteiger partial charge in [0.2, 0.25) is 5.91 Å². The highest BCUT2D eigenvalue weighted by atomic mass is 32.2. The summed E-state index contributed by atoms with van der Waals surface area (Å²) in [5, 5.41) is 1.83. The minimum absolute atomic E-state index is 0.00419. The fraction of sp³-hybridized carbons (Fsp3) is 0.250. The van der Waals surface area contributed by atoms with Gasteiger partial charge in [0.15, 0.2) is 0 Å². The van der Waals surface area contributed by atoms with E-state index in [9.17, 15) is 13.2 Å². The number of hydrogen-bond acceptors (Lipinski definition) is 5. The molecule has 0 aromatic carbocycles. The van der Waals surface area contributed by atoms with Gasteiger partial charge >= 0.3 is 0 Å². The van der Waals surface area contributed by atoms with E-state index < -0.39 is 15.9 Å². The smallest absolute Gasteiger partial charge is 0.267 e. The van der Waals surface area contributed by atoms with Gasteiger partial charge in [0.1, 0.15) is 16.4 Å². The van der Waals surface area contributed by atoms with E-state index >= 15 is 0 Å². The standard InChI is InChI=1S/C12H13NO4S2/c1-8-6-11(9(2)17-8)19(15,16)13-12(14)7-10-4-3-5-18-10/h3-6H,7H2,1-2H3,(H,13,14). The maximum absolute atomic E-state index is 12.0. The second-order valence-corrected chi connectivity index (χ2v) is 6.75. The van der Waals surface area contributed by atoms with E-state index in [1.54, 1.807) is 19.9 Å². The number of sulfonamides is 1. The molecule has 5 nitrogen and oxygen atoms in total. The third-order valence-corrected chi connectivity index (χ3v) is 4.81. The molecule has 2 rings (SSSR count). The van der Waals surface area contributed by atoms with Crippen LogP contribution in [0, 0.1) is 13.8 Å². The number of carbonyl (C=O) groups is 1. The third-order valence-electron chi connectivity index (χ3n) is 2.45. The van der Waals surface area contributed by atoms with E-state index in [4.69, 9.17) is 4.42 Å². The molecule has 1 amide bonds. The van der Waals surface area contributed by atoms with Crippen molar-refractivity contribution in [3.63, 3.8) is 0 Å². The van der Waals surface area contributed by atoms with Crippen LogP contribution in [-0.4, -0.2) is 14.3 Å². The van der Waals surface area contributed by atoms with Gasteiger partial charge in [-0.1, -0.05) is 6.07 Å². The Morgan fingerprint density at radius 1 is 1.42 bits per heavy atom. The monoisotopic (exact) mass is 299 g/mol. The second kappa shape index (κ2) is 5.18. The Hall–Kier alpha value is -1.60. The Morgan fingerprint density at radius 2 is 2.16 bits per heavy atom. The summed E-state index contributed by atoms with van der Waals surface area (Å²) in [6.45, 7) is 3.20. The summed E-state index contributed by atoms with van der Waals surface area (Å²) in [6.07, 6.45) is 0.0484. The van der Waals surface area contributed by atoms with E-state index in [0.717, 1.165) is 4.88 Å².